The summed E-state index contributed by atoms with van der Waals surface area (Å²) >= 11 is 0. The van der Waals surface area contributed by atoms with Crippen LogP contribution in [0.4, 0.5) is 19.0 Å². The molecular formula is C13H19F3N2O. The monoisotopic (exact) mass is 276 g/mol. The van der Waals surface area contributed by atoms with E-state index in [1.807, 2.05) is 12.1 Å². The van der Waals surface area contributed by atoms with Crippen LogP contribution in [-0.2, 0) is 10.2 Å². The number of nitrogens with zero attached hydrogens (tertiary/aromatic N) is 1. The first kappa shape index (κ1) is 15.8. The van der Waals surface area contributed by atoms with Gasteiger partial charge in [-0.25, -0.2) is 4.98 Å². The van der Waals surface area contributed by atoms with Crippen molar-refractivity contribution < 1.29 is 17.9 Å². The van der Waals surface area contributed by atoms with Gasteiger partial charge in [0.15, 0.2) is 0 Å². The summed E-state index contributed by atoms with van der Waals surface area (Å²) in [4.78, 5) is 4.20. The van der Waals surface area contributed by atoms with E-state index in [4.69, 9.17) is 0 Å². The fourth-order valence-electron chi connectivity index (χ4n) is 1.38. The maximum Gasteiger partial charge on any atom is 0.411 e. The summed E-state index contributed by atoms with van der Waals surface area (Å²) in [5.41, 5.74) is 1.13. The molecule has 0 unspecified atom stereocenters. The number of aromatic nitrogens is 1. The van der Waals surface area contributed by atoms with Gasteiger partial charge in [0.2, 0.25) is 0 Å². The molecule has 1 heterocycles. The van der Waals surface area contributed by atoms with E-state index in [1.54, 1.807) is 6.20 Å². The summed E-state index contributed by atoms with van der Waals surface area (Å²) in [6.45, 7) is 5.32. The number of pyridine rings is 1. The molecule has 0 bridgehead atoms. The zero-order valence-electron chi connectivity index (χ0n) is 11.3. The first-order valence-electron chi connectivity index (χ1n) is 6.03. The molecule has 0 radical (unpaired) electrons. The topological polar surface area (TPSA) is 34.1 Å². The maximum atomic E-state index is 11.8. The average molecular weight is 276 g/mol. The lowest BCUT2D eigenvalue weighted by molar-refractivity contribution is -0.172. The van der Waals surface area contributed by atoms with Crippen molar-refractivity contribution in [2.24, 2.45) is 0 Å². The number of nitrogens with one attached hydrogen (secondary N) is 1. The van der Waals surface area contributed by atoms with Gasteiger partial charge >= 0.3 is 6.18 Å². The highest BCUT2D eigenvalue weighted by Gasteiger charge is 2.27. The number of ether oxygens (including phenoxy) is 1. The van der Waals surface area contributed by atoms with Crippen molar-refractivity contribution in [2.45, 2.75) is 32.4 Å². The standard InChI is InChI=1S/C13H19F3N2O/c1-12(2,3)10-4-5-11(18-8-10)17-6-7-19-9-13(14,15)16/h4-5,8H,6-7,9H2,1-3H3,(H,17,18). The molecule has 6 heteroatoms. The highest BCUT2D eigenvalue weighted by molar-refractivity contribution is 5.36. The van der Waals surface area contributed by atoms with E-state index >= 15 is 0 Å². The molecule has 1 aromatic rings. The lowest BCUT2D eigenvalue weighted by atomic mass is 9.88. The molecule has 0 saturated heterocycles. The molecule has 1 aromatic heterocycles. The average Bonchev–Trinajstić information content (AvgIpc) is 2.26. The quantitative estimate of drug-likeness (QED) is 0.837. The highest BCUT2D eigenvalue weighted by Crippen LogP contribution is 2.21. The van der Waals surface area contributed by atoms with E-state index < -0.39 is 12.8 Å². The largest absolute Gasteiger partial charge is 0.411 e. The SMILES string of the molecule is CC(C)(C)c1ccc(NCCOCC(F)(F)F)nc1. The first-order chi connectivity index (χ1) is 8.68. The number of hydrogen-bond acceptors (Lipinski definition) is 3. The lowest BCUT2D eigenvalue weighted by Crippen LogP contribution is -2.20. The van der Waals surface area contributed by atoms with E-state index in [0.717, 1.165) is 5.56 Å². The minimum absolute atomic E-state index is 0.0117. The molecule has 0 atom stereocenters. The third-order valence-corrected chi connectivity index (χ3v) is 2.45. The highest BCUT2D eigenvalue weighted by atomic mass is 19.4. The number of alkyl halides is 3. The van der Waals surface area contributed by atoms with E-state index in [1.165, 1.54) is 0 Å². The van der Waals surface area contributed by atoms with E-state index in [9.17, 15) is 13.2 Å². The van der Waals surface area contributed by atoms with Gasteiger partial charge in [-0.15, -0.1) is 0 Å². The fraction of sp³-hybridized carbons (Fsp3) is 0.615. The van der Waals surface area contributed by atoms with Gasteiger partial charge in [0.05, 0.1) is 6.61 Å². The fourth-order valence-corrected chi connectivity index (χ4v) is 1.38. The molecule has 0 aliphatic heterocycles. The van der Waals surface area contributed by atoms with Crippen molar-refractivity contribution in [3.8, 4) is 0 Å². The summed E-state index contributed by atoms with van der Waals surface area (Å²) in [7, 11) is 0. The Bertz CT molecular complexity index is 382. The minimum atomic E-state index is -4.27. The second kappa shape index (κ2) is 6.23. The lowest BCUT2D eigenvalue weighted by Gasteiger charge is -2.18. The molecule has 0 spiro atoms. The Labute approximate surface area is 111 Å². The molecule has 1 N–H and O–H groups in total. The predicted molar refractivity (Wildman–Crippen MR) is 68.3 cm³/mol. The summed E-state index contributed by atoms with van der Waals surface area (Å²) < 4.78 is 39.9. The smallest absolute Gasteiger partial charge is 0.370 e. The summed E-state index contributed by atoms with van der Waals surface area (Å²) in [6, 6.07) is 3.76. The van der Waals surface area contributed by atoms with Crippen LogP contribution in [0.2, 0.25) is 0 Å². The molecule has 0 aliphatic rings. The predicted octanol–water partition coefficient (Wildman–Crippen LogP) is 3.37. The Morgan fingerprint density at radius 1 is 1.21 bits per heavy atom. The second-order valence-corrected chi connectivity index (χ2v) is 5.28. The Hall–Kier alpha value is -1.30. The first-order valence-corrected chi connectivity index (χ1v) is 6.03. The van der Waals surface area contributed by atoms with Crippen LogP contribution in [0.15, 0.2) is 18.3 Å². The van der Waals surface area contributed by atoms with Gasteiger partial charge in [0.25, 0.3) is 0 Å². The molecule has 19 heavy (non-hydrogen) atoms. The van der Waals surface area contributed by atoms with Crippen LogP contribution in [0.25, 0.3) is 0 Å². The van der Waals surface area contributed by atoms with Gasteiger partial charge in [-0.3, -0.25) is 0 Å². The molecule has 108 valence electrons. The molecule has 0 saturated carbocycles. The number of rotatable bonds is 5. The molecular weight excluding hydrogens is 257 g/mol. The zero-order valence-corrected chi connectivity index (χ0v) is 11.3. The van der Waals surface area contributed by atoms with Gasteiger partial charge in [0.1, 0.15) is 12.4 Å². The van der Waals surface area contributed by atoms with Crippen molar-refractivity contribution in [3.05, 3.63) is 23.9 Å². The molecule has 0 fully saturated rings. The van der Waals surface area contributed by atoms with Gasteiger partial charge in [-0.05, 0) is 17.0 Å². The van der Waals surface area contributed by atoms with Crippen LogP contribution in [0.1, 0.15) is 26.3 Å². The van der Waals surface area contributed by atoms with Gasteiger partial charge in [0, 0.05) is 12.7 Å². The third kappa shape index (κ3) is 6.42. The van der Waals surface area contributed by atoms with Gasteiger partial charge in [-0.1, -0.05) is 26.8 Å². The van der Waals surface area contributed by atoms with Crippen LogP contribution in [0.5, 0.6) is 0 Å². The minimum Gasteiger partial charge on any atom is -0.370 e. The summed E-state index contributed by atoms with van der Waals surface area (Å²) in [5.74, 6) is 0.628. The van der Waals surface area contributed by atoms with Gasteiger partial charge < -0.3 is 10.1 Å². The molecule has 0 aromatic carbocycles. The summed E-state index contributed by atoms with van der Waals surface area (Å²) in [5, 5.41) is 2.91. The van der Waals surface area contributed by atoms with Crippen LogP contribution in [-0.4, -0.2) is 30.9 Å². The van der Waals surface area contributed by atoms with E-state index in [2.05, 4.69) is 35.8 Å². The van der Waals surface area contributed by atoms with Crippen molar-refractivity contribution in [1.29, 1.82) is 0 Å². The Morgan fingerprint density at radius 2 is 1.89 bits per heavy atom. The Balaban J connectivity index is 2.31. The maximum absolute atomic E-state index is 11.8. The molecule has 0 amide bonds. The number of anilines is 1. The van der Waals surface area contributed by atoms with Crippen molar-refractivity contribution in [1.82, 2.24) is 4.98 Å². The summed E-state index contributed by atoms with van der Waals surface area (Å²) in [6.07, 6.45) is -2.51. The Morgan fingerprint density at radius 3 is 2.37 bits per heavy atom. The van der Waals surface area contributed by atoms with Gasteiger partial charge in [-0.2, -0.15) is 13.2 Å². The number of hydrogen-bond donors (Lipinski definition) is 1. The zero-order chi connectivity index (χ0) is 14.5. The molecule has 1 rings (SSSR count). The van der Waals surface area contributed by atoms with E-state index in [-0.39, 0.29) is 18.6 Å². The second-order valence-electron chi connectivity index (χ2n) is 5.28. The van der Waals surface area contributed by atoms with Crippen molar-refractivity contribution >= 4 is 5.82 Å². The third-order valence-electron chi connectivity index (χ3n) is 2.45. The van der Waals surface area contributed by atoms with Crippen LogP contribution in [0, 0.1) is 0 Å². The molecule has 0 aliphatic carbocycles. The molecule has 3 nitrogen and oxygen atoms in total. The van der Waals surface area contributed by atoms with Crippen molar-refractivity contribution in [3.63, 3.8) is 0 Å². The normalized spacial score (nSPS) is 12.5. The van der Waals surface area contributed by atoms with Crippen LogP contribution in [0.3, 0.4) is 0 Å². The number of halogens is 3. The van der Waals surface area contributed by atoms with Crippen LogP contribution < -0.4 is 5.32 Å². The van der Waals surface area contributed by atoms with E-state index in [0.29, 0.717) is 5.82 Å². The van der Waals surface area contributed by atoms with Crippen LogP contribution >= 0.6 is 0 Å². The Kier molecular flexibility index (Phi) is 5.17. The van der Waals surface area contributed by atoms with Crippen molar-refractivity contribution in [2.75, 3.05) is 25.1 Å².